The molecule has 2 aromatic carbocycles. The van der Waals surface area contributed by atoms with Gasteiger partial charge in [-0.25, -0.2) is 9.18 Å². The van der Waals surface area contributed by atoms with Crippen LogP contribution in [-0.4, -0.2) is 14.3 Å². The van der Waals surface area contributed by atoms with E-state index in [1.165, 1.54) is 21.4 Å². The fraction of sp³-hybridized carbons (Fsp3) is 0.0667. The molecule has 2 heterocycles. The summed E-state index contributed by atoms with van der Waals surface area (Å²) in [6, 6.07) is 13.5. The Morgan fingerprint density at radius 1 is 1.14 bits per heavy atom. The smallest absolute Gasteiger partial charge is 0.352 e. The zero-order chi connectivity index (χ0) is 14.4. The zero-order valence-corrected chi connectivity index (χ0v) is 11.0. The van der Waals surface area contributed by atoms with Crippen molar-refractivity contribution in [1.29, 1.82) is 0 Å². The topological polar surface area (TPSA) is 51.9 Å². The third kappa shape index (κ3) is 1.76. The highest BCUT2D eigenvalue weighted by atomic mass is 19.1. The molecule has 1 aromatic heterocycles. The van der Waals surface area contributed by atoms with Crippen LogP contribution in [0.1, 0.15) is 0 Å². The number of nitrogens with one attached hydrogen (secondary N) is 1. The van der Waals surface area contributed by atoms with E-state index < -0.39 is 5.82 Å². The Morgan fingerprint density at radius 2 is 2.00 bits per heavy atom. The van der Waals surface area contributed by atoms with E-state index >= 15 is 0 Å². The van der Waals surface area contributed by atoms with E-state index in [2.05, 4.69) is 10.4 Å². The highest BCUT2D eigenvalue weighted by Crippen LogP contribution is 2.29. The number of benzene rings is 2. The predicted molar refractivity (Wildman–Crippen MR) is 76.8 cm³/mol. The molecule has 0 bridgehead atoms. The lowest BCUT2D eigenvalue weighted by atomic mass is 10.1. The first-order valence-corrected chi connectivity index (χ1v) is 6.53. The van der Waals surface area contributed by atoms with E-state index in [1.54, 1.807) is 12.1 Å². The number of rotatable bonds is 1. The Labute approximate surface area is 119 Å². The maximum Gasteiger partial charge on any atom is 0.352 e. The summed E-state index contributed by atoms with van der Waals surface area (Å²) in [5.41, 5.74) is 1.91. The molecule has 0 saturated heterocycles. The van der Waals surface area contributed by atoms with Crippen molar-refractivity contribution in [3.63, 3.8) is 0 Å². The minimum atomic E-state index is -0.399. The third-order valence-electron chi connectivity index (χ3n) is 3.51. The van der Waals surface area contributed by atoms with Gasteiger partial charge in [-0.2, -0.15) is 4.68 Å². The van der Waals surface area contributed by atoms with Crippen molar-refractivity contribution < 1.29 is 4.39 Å². The van der Waals surface area contributed by atoms with Crippen LogP contribution >= 0.6 is 0 Å². The van der Waals surface area contributed by atoms with Gasteiger partial charge in [-0.05, 0) is 30.3 Å². The quantitative estimate of drug-likeness (QED) is 0.744. The Balaban J connectivity index is 1.95. The van der Waals surface area contributed by atoms with Crippen LogP contribution in [0.3, 0.4) is 0 Å². The lowest BCUT2D eigenvalue weighted by molar-refractivity contribution is 0.624. The number of aromatic nitrogens is 3. The number of para-hydroxylation sites is 1. The summed E-state index contributed by atoms with van der Waals surface area (Å²) in [4.78, 5) is 12.4. The Hall–Kier alpha value is -2.89. The molecular weight excluding hydrogens is 271 g/mol. The van der Waals surface area contributed by atoms with Crippen molar-refractivity contribution in [2.75, 3.05) is 5.32 Å². The lowest BCUT2D eigenvalue weighted by Gasteiger charge is -2.17. The van der Waals surface area contributed by atoms with Crippen molar-refractivity contribution in [2.24, 2.45) is 0 Å². The monoisotopic (exact) mass is 282 g/mol. The van der Waals surface area contributed by atoms with E-state index in [0.29, 0.717) is 18.2 Å². The van der Waals surface area contributed by atoms with Crippen molar-refractivity contribution in [2.45, 2.75) is 6.67 Å². The molecular formula is C15H11FN4O. The van der Waals surface area contributed by atoms with Crippen molar-refractivity contribution in [3.05, 3.63) is 64.8 Å². The molecule has 0 saturated carbocycles. The van der Waals surface area contributed by atoms with Crippen LogP contribution in [0.5, 0.6) is 0 Å². The maximum atomic E-state index is 13.3. The Bertz CT molecular complexity index is 897. The fourth-order valence-corrected chi connectivity index (χ4v) is 2.51. The summed E-state index contributed by atoms with van der Waals surface area (Å²) < 4.78 is 16.1. The van der Waals surface area contributed by atoms with Gasteiger partial charge in [-0.15, -0.1) is 5.10 Å². The number of hydrogen-bond donors (Lipinski definition) is 1. The van der Waals surface area contributed by atoms with E-state index in [0.717, 1.165) is 11.3 Å². The first-order valence-electron chi connectivity index (χ1n) is 6.53. The van der Waals surface area contributed by atoms with Gasteiger partial charge < -0.3 is 5.32 Å². The van der Waals surface area contributed by atoms with Gasteiger partial charge in [0.2, 0.25) is 0 Å². The lowest BCUT2D eigenvalue weighted by Crippen LogP contribution is -2.28. The zero-order valence-electron chi connectivity index (χ0n) is 11.0. The molecule has 0 unspecified atom stereocenters. The van der Waals surface area contributed by atoms with Gasteiger partial charge >= 0.3 is 5.69 Å². The molecule has 1 aliphatic heterocycles. The van der Waals surface area contributed by atoms with Crippen molar-refractivity contribution in [3.8, 4) is 17.1 Å². The van der Waals surface area contributed by atoms with Gasteiger partial charge in [-0.3, -0.25) is 4.57 Å². The van der Waals surface area contributed by atoms with Gasteiger partial charge in [0.1, 0.15) is 5.82 Å². The van der Waals surface area contributed by atoms with Crippen molar-refractivity contribution >= 4 is 5.69 Å². The number of anilines is 1. The van der Waals surface area contributed by atoms with Crippen LogP contribution < -0.4 is 11.0 Å². The highest BCUT2D eigenvalue weighted by molar-refractivity contribution is 5.75. The average Bonchev–Trinajstić information content (AvgIpc) is 2.85. The van der Waals surface area contributed by atoms with E-state index in [4.69, 9.17) is 0 Å². The maximum absolute atomic E-state index is 13.3. The molecule has 0 amide bonds. The summed E-state index contributed by atoms with van der Waals surface area (Å²) in [7, 11) is 0. The van der Waals surface area contributed by atoms with Crippen LogP contribution in [0, 0.1) is 5.82 Å². The molecule has 1 aliphatic rings. The van der Waals surface area contributed by atoms with Gasteiger partial charge in [0.15, 0.2) is 5.82 Å². The van der Waals surface area contributed by atoms with Gasteiger partial charge in [0.25, 0.3) is 0 Å². The molecule has 3 aromatic rings. The molecule has 0 aliphatic carbocycles. The minimum absolute atomic E-state index is 0.294. The minimum Gasteiger partial charge on any atom is -0.367 e. The third-order valence-corrected chi connectivity index (χ3v) is 3.51. The van der Waals surface area contributed by atoms with E-state index in [9.17, 15) is 9.18 Å². The van der Waals surface area contributed by atoms with Crippen LogP contribution in [0.2, 0.25) is 0 Å². The Morgan fingerprint density at radius 3 is 2.86 bits per heavy atom. The number of nitrogens with zero attached hydrogens (tertiary/aromatic N) is 3. The number of halogens is 1. The number of fused-ring (bicyclic) bond motifs is 3. The summed E-state index contributed by atoms with van der Waals surface area (Å²) in [5.74, 6) is 0.183. The normalized spacial score (nSPS) is 12.4. The highest BCUT2D eigenvalue weighted by Gasteiger charge is 2.21. The van der Waals surface area contributed by atoms with Gasteiger partial charge in [0.05, 0.1) is 12.4 Å². The molecule has 0 spiro atoms. The molecule has 104 valence electrons. The molecule has 1 N–H and O–H groups in total. The number of hydrogen-bond acceptors (Lipinski definition) is 3. The fourth-order valence-electron chi connectivity index (χ4n) is 2.51. The van der Waals surface area contributed by atoms with Gasteiger partial charge in [0, 0.05) is 11.3 Å². The molecule has 0 radical (unpaired) electrons. The van der Waals surface area contributed by atoms with E-state index in [-0.39, 0.29) is 5.69 Å². The van der Waals surface area contributed by atoms with Crippen LogP contribution in [-0.2, 0) is 6.67 Å². The molecule has 21 heavy (non-hydrogen) atoms. The van der Waals surface area contributed by atoms with Gasteiger partial charge in [-0.1, -0.05) is 18.2 Å². The first kappa shape index (κ1) is 11.9. The molecule has 4 rings (SSSR count). The second kappa shape index (κ2) is 4.31. The van der Waals surface area contributed by atoms with Crippen LogP contribution in [0.25, 0.3) is 17.1 Å². The summed E-state index contributed by atoms with van der Waals surface area (Å²) in [6.07, 6.45) is 0. The largest absolute Gasteiger partial charge is 0.367 e. The second-order valence-electron chi connectivity index (χ2n) is 4.81. The SMILES string of the molecule is O=c1n(-c2cccc(F)c2)nc2n1CNc1ccccc1-2. The van der Waals surface area contributed by atoms with Crippen LogP contribution in [0.15, 0.2) is 53.3 Å². The molecule has 5 nitrogen and oxygen atoms in total. The van der Waals surface area contributed by atoms with Crippen LogP contribution in [0.4, 0.5) is 10.1 Å². The second-order valence-corrected chi connectivity index (χ2v) is 4.81. The molecule has 0 fully saturated rings. The summed E-state index contributed by atoms with van der Waals surface area (Å²) in [5, 5.41) is 7.53. The standard InChI is InChI=1S/C15H11FN4O/c16-10-4-3-5-11(8-10)20-15(21)19-9-17-13-7-2-1-6-12(13)14(19)18-20/h1-8,17H,9H2. The summed E-state index contributed by atoms with van der Waals surface area (Å²) >= 11 is 0. The predicted octanol–water partition coefficient (Wildman–Crippen LogP) is 2.22. The Kier molecular flexibility index (Phi) is 2.44. The van der Waals surface area contributed by atoms with E-state index in [1.807, 2.05) is 24.3 Å². The molecule has 0 atom stereocenters. The average molecular weight is 282 g/mol. The van der Waals surface area contributed by atoms with Crippen molar-refractivity contribution in [1.82, 2.24) is 14.3 Å². The first-order chi connectivity index (χ1) is 10.2. The molecule has 6 heteroatoms. The summed E-state index contributed by atoms with van der Waals surface area (Å²) in [6.45, 7) is 0.348.